The lowest BCUT2D eigenvalue weighted by Crippen LogP contribution is -2.35. The van der Waals surface area contributed by atoms with Crippen LogP contribution in [-0.4, -0.2) is 44.2 Å². The van der Waals surface area contributed by atoms with Gasteiger partial charge in [-0.05, 0) is 51.2 Å². The summed E-state index contributed by atoms with van der Waals surface area (Å²) < 4.78 is 5.18. The minimum atomic E-state index is -0.0659. The van der Waals surface area contributed by atoms with Crippen LogP contribution in [0.25, 0.3) is 0 Å². The van der Waals surface area contributed by atoms with E-state index in [1.54, 1.807) is 7.11 Å². The van der Waals surface area contributed by atoms with Crippen LogP contribution in [0.4, 0.5) is 0 Å². The van der Waals surface area contributed by atoms with Crippen LogP contribution in [0.2, 0.25) is 0 Å². The van der Waals surface area contributed by atoms with E-state index in [0.717, 1.165) is 45.0 Å². The van der Waals surface area contributed by atoms with Crippen LogP contribution in [0.3, 0.4) is 0 Å². The summed E-state index contributed by atoms with van der Waals surface area (Å²) in [5.74, 6) is 5.69. The molecule has 5 nitrogen and oxygen atoms in total. The van der Waals surface area contributed by atoms with Crippen LogP contribution in [0.5, 0.6) is 0 Å². The zero-order valence-corrected chi connectivity index (χ0v) is 10.8. The van der Waals surface area contributed by atoms with E-state index in [1.165, 1.54) is 12.8 Å². The molecule has 17 heavy (non-hydrogen) atoms. The number of carbonyl (C=O) groups is 1. The number of methoxy groups -OCH3 is 1. The number of carbonyl (C=O) groups excluding carboxylic acids is 1. The van der Waals surface area contributed by atoms with Crippen LogP contribution in [0.15, 0.2) is 0 Å². The van der Waals surface area contributed by atoms with Crippen molar-refractivity contribution in [2.75, 3.05) is 33.4 Å². The third kappa shape index (κ3) is 6.00. The molecule has 0 unspecified atom stereocenters. The molecule has 0 saturated carbocycles. The molecule has 0 radical (unpaired) electrons. The summed E-state index contributed by atoms with van der Waals surface area (Å²) in [7, 11) is 1.77. The van der Waals surface area contributed by atoms with E-state index >= 15 is 0 Å². The summed E-state index contributed by atoms with van der Waals surface area (Å²) in [6, 6.07) is 0. The molecule has 1 amide bonds. The van der Waals surface area contributed by atoms with Crippen LogP contribution >= 0.6 is 0 Å². The number of piperidine rings is 1. The number of hydrogen-bond acceptors (Lipinski definition) is 4. The molecule has 1 heterocycles. The van der Waals surface area contributed by atoms with Gasteiger partial charge in [-0.25, -0.2) is 5.84 Å². The van der Waals surface area contributed by atoms with E-state index in [-0.39, 0.29) is 5.91 Å². The molecule has 0 spiro atoms. The third-order valence-electron chi connectivity index (χ3n) is 3.40. The van der Waals surface area contributed by atoms with Crippen molar-refractivity contribution in [3.63, 3.8) is 0 Å². The number of amides is 1. The maximum absolute atomic E-state index is 10.9. The normalized spacial score (nSPS) is 18.2. The molecule has 1 rings (SSSR count). The number of nitrogens with one attached hydrogen (secondary N) is 1. The maximum atomic E-state index is 10.9. The van der Waals surface area contributed by atoms with Gasteiger partial charge >= 0.3 is 0 Å². The van der Waals surface area contributed by atoms with Crippen molar-refractivity contribution in [2.24, 2.45) is 11.8 Å². The minimum Gasteiger partial charge on any atom is -0.384 e. The summed E-state index contributed by atoms with van der Waals surface area (Å²) in [5.41, 5.74) is 2.16. The van der Waals surface area contributed by atoms with Gasteiger partial charge in [0.15, 0.2) is 0 Å². The topological polar surface area (TPSA) is 67.6 Å². The summed E-state index contributed by atoms with van der Waals surface area (Å²) in [5, 5.41) is 0. The average molecular weight is 243 g/mol. The van der Waals surface area contributed by atoms with Crippen molar-refractivity contribution in [3.8, 4) is 0 Å². The lowest BCUT2D eigenvalue weighted by Gasteiger charge is -2.31. The molecule has 0 aromatic carbocycles. The second kappa shape index (κ2) is 8.44. The number of rotatable bonds is 7. The molecule has 1 aliphatic rings. The van der Waals surface area contributed by atoms with Gasteiger partial charge in [0.2, 0.25) is 5.91 Å². The Balaban J connectivity index is 2.00. The van der Waals surface area contributed by atoms with E-state index in [2.05, 4.69) is 10.3 Å². The Hall–Kier alpha value is -0.650. The number of nitrogens with zero attached hydrogens (tertiary/aromatic N) is 1. The van der Waals surface area contributed by atoms with Crippen molar-refractivity contribution in [3.05, 3.63) is 0 Å². The summed E-state index contributed by atoms with van der Waals surface area (Å²) in [6.07, 6.45) is 4.99. The zero-order chi connectivity index (χ0) is 12.5. The average Bonchev–Trinajstić information content (AvgIpc) is 2.36. The number of unbranched alkanes of at least 4 members (excludes halogenated alkanes) is 1. The van der Waals surface area contributed by atoms with E-state index in [4.69, 9.17) is 10.6 Å². The molecular weight excluding hydrogens is 218 g/mol. The zero-order valence-electron chi connectivity index (χ0n) is 10.8. The van der Waals surface area contributed by atoms with Crippen LogP contribution in [-0.2, 0) is 9.53 Å². The highest BCUT2D eigenvalue weighted by atomic mass is 16.5. The van der Waals surface area contributed by atoms with Crippen molar-refractivity contribution < 1.29 is 9.53 Å². The van der Waals surface area contributed by atoms with Crippen LogP contribution in [0, 0.1) is 5.92 Å². The summed E-state index contributed by atoms with van der Waals surface area (Å²) in [4.78, 5) is 13.4. The highest BCUT2D eigenvalue weighted by Crippen LogP contribution is 2.17. The predicted molar refractivity (Wildman–Crippen MR) is 67.2 cm³/mol. The van der Waals surface area contributed by atoms with Gasteiger partial charge in [-0.1, -0.05) is 0 Å². The van der Waals surface area contributed by atoms with Crippen LogP contribution < -0.4 is 11.3 Å². The van der Waals surface area contributed by atoms with Gasteiger partial charge in [0.05, 0.1) is 0 Å². The fraction of sp³-hybridized carbons (Fsp3) is 0.917. The number of hydrazine groups is 1. The molecule has 3 N–H and O–H groups in total. The SMILES string of the molecule is COCC1CCN(CCCCC(=O)NN)CC1. The van der Waals surface area contributed by atoms with Gasteiger partial charge in [-0.3, -0.25) is 10.2 Å². The molecule has 0 aliphatic carbocycles. The Morgan fingerprint density at radius 3 is 2.71 bits per heavy atom. The fourth-order valence-electron chi connectivity index (χ4n) is 2.31. The molecule has 0 aromatic heterocycles. The first-order valence-corrected chi connectivity index (χ1v) is 6.47. The molecule has 0 atom stereocenters. The maximum Gasteiger partial charge on any atom is 0.233 e. The molecule has 100 valence electrons. The predicted octanol–water partition coefficient (Wildman–Crippen LogP) is 0.505. The van der Waals surface area contributed by atoms with E-state index in [1.807, 2.05) is 0 Å². The molecule has 1 aliphatic heterocycles. The highest BCUT2D eigenvalue weighted by molar-refractivity contribution is 5.75. The second-order valence-electron chi connectivity index (χ2n) is 4.76. The Bertz CT molecular complexity index is 216. The quantitative estimate of drug-likeness (QED) is 0.296. The van der Waals surface area contributed by atoms with Gasteiger partial charge in [-0.2, -0.15) is 0 Å². The van der Waals surface area contributed by atoms with Gasteiger partial charge in [0, 0.05) is 20.1 Å². The van der Waals surface area contributed by atoms with Crippen molar-refractivity contribution in [1.82, 2.24) is 10.3 Å². The number of hydrogen-bond donors (Lipinski definition) is 2. The van der Waals surface area contributed by atoms with E-state index < -0.39 is 0 Å². The van der Waals surface area contributed by atoms with E-state index in [0.29, 0.717) is 6.42 Å². The molecule has 0 bridgehead atoms. The fourth-order valence-corrected chi connectivity index (χ4v) is 2.31. The molecule has 5 heteroatoms. The first-order valence-electron chi connectivity index (χ1n) is 6.47. The standard InChI is InChI=1S/C12H25N3O2/c1-17-10-11-5-8-15(9-6-11)7-3-2-4-12(16)14-13/h11H,2-10,13H2,1H3,(H,14,16). The van der Waals surface area contributed by atoms with Gasteiger partial charge in [0.1, 0.15) is 0 Å². The first-order chi connectivity index (χ1) is 8.26. The van der Waals surface area contributed by atoms with Crippen molar-refractivity contribution >= 4 is 5.91 Å². The summed E-state index contributed by atoms with van der Waals surface area (Å²) in [6.45, 7) is 4.32. The molecule has 1 saturated heterocycles. The Labute approximate surface area is 104 Å². The lowest BCUT2D eigenvalue weighted by atomic mass is 9.97. The monoisotopic (exact) mass is 243 g/mol. The van der Waals surface area contributed by atoms with Gasteiger partial charge in [0.25, 0.3) is 0 Å². The van der Waals surface area contributed by atoms with Crippen molar-refractivity contribution in [1.29, 1.82) is 0 Å². The van der Waals surface area contributed by atoms with Crippen LogP contribution in [0.1, 0.15) is 32.1 Å². The third-order valence-corrected chi connectivity index (χ3v) is 3.40. The Kier molecular flexibility index (Phi) is 7.16. The number of likely N-dealkylation sites (tertiary alicyclic amines) is 1. The number of nitrogens with two attached hydrogens (primary N) is 1. The highest BCUT2D eigenvalue weighted by Gasteiger charge is 2.18. The van der Waals surface area contributed by atoms with Gasteiger partial charge in [-0.15, -0.1) is 0 Å². The summed E-state index contributed by atoms with van der Waals surface area (Å²) >= 11 is 0. The van der Waals surface area contributed by atoms with Crippen molar-refractivity contribution in [2.45, 2.75) is 32.1 Å². The Morgan fingerprint density at radius 2 is 2.12 bits per heavy atom. The largest absolute Gasteiger partial charge is 0.384 e. The Morgan fingerprint density at radius 1 is 1.41 bits per heavy atom. The van der Waals surface area contributed by atoms with E-state index in [9.17, 15) is 4.79 Å². The smallest absolute Gasteiger partial charge is 0.233 e. The molecule has 1 fully saturated rings. The lowest BCUT2D eigenvalue weighted by molar-refractivity contribution is -0.121. The number of ether oxygens (including phenoxy) is 1. The first kappa shape index (κ1) is 14.4. The minimum absolute atomic E-state index is 0.0659. The second-order valence-corrected chi connectivity index (χ2v) is 4.76. The molecule has 0 aromatic rings. The van der Waals surface area contributed by atoms with Gasteiger partial charge < -0.3 is 9.64 Å². The molecular formula is C12H25N3O2.